The molecule has 7 nitrogen and oxygen atoms in total. The molecule has 2 N–H and O–H groups in total. The standard InChI is InChI=1S/C9H12N2O5/c12-6-10-16-9(15)7(5-8(13)14)11-3-1-2-4-11/h5-6H,1-4H2,(H,10,12)(H,13,14)/b7-5+. The molecular weight excluding hydrogens is 216 g/mol. The molecule has 1 aliphatic heterocycles. The Kier molecular flexibility index (Phi) is 4.31. The topological polar surface area (TPSA) is 95.9 Å². The van der Waals surface area contributed by atoms with E-state index in [1.807, 2.05) is 0 Å². The lowest BCUT2D eigenvalue weighted by atomic mass is 10.3. The lowest BCUT2D eigenvalue weighted by molar-refractivity contribution is -0.152. The molecule has 1 fully saturated rings. The molecule has 1 heterocycles. The van der Waals surface area contributed by atoms with E-state index in [0.29, 0.717) is 13.1 Å². The van der Waals surface area contributed by atoms with Crippen molar-refractivity contribution in [1.29, 1.82) is 0 Å². The summed E-state index contributed by atoms with van der Waals surface area (Å²) in [5, 5.41) is 8.62. The highest BCUT2D eigenvalue weighted by Gasteiger charge is 2.23. The number of carboxylic acid groups (broad SMARTS) is 1. The normalized spacial score (nSPS) is 15.8. The smallest absolute Gasteiger partial charge is 0.379 e. The zero-order chi connectivity index (χ0) is 12.0. The van der Waals surface area contributed by atoms with Gasteiger partial charge in [-0.1, -0.05) is 0 Å². The zero-order valence-corrected chi connectivity index (χ0v) is 8.51. The molecule has 0 unspecified atom stereocenters. The predicted octanol–water partition coefficient (Wildman–Crippen LogP) is -0.745. The molecule has 0 bridgehead atoms. The van der Waals surface area contributed by atoms with Gasteiger partial charge in [0.2, 0.25) is 6.41 Å². The zero-order valence-electron chi connectivity index (χ0n) is 8.51. The molecule has 16 heavy (non-hydrogen) atoms. The number of carbonyl (C=O) groups is 3. The Bertz CT molecular complexity index is 320. The minimum Gasteiger partial charge on any atom is -0.478 e. The Labute approximate surface area is 91.6 Å². The van der Waals surface area contributed by atoms with Gasteiger partial charge >= 0.3 is 11.9 Å². The number of rotatable bonds is 5. The third-order valence-electron chi connectivity index (χ3n) is 2.12. The molecule has 0 radical (unpaired) electrons. The summed E-state index contributed by atoms with van der Waals surface area (Å²) in [6, 6.07) is 0. The van der Waals surface area contributed by atoms with Crippen molar-refractivity contribution in [3.8, 4) is 0 Å². The van der Waals surface area contributed by atoms with Gasteiger partial charge in [0.25, 0.3) is 0 Å². The fourth-order valence-electron chi connectivity index (χ4n) is 1.48. The average molecular weight is 228 g/mol. The third kappa shape index (κ3) is 3.26. The van der Waals surface area contributed by atoms with Crippen molar-refractivity contribution in [2.45, 2.75) is 12.8 Å². The Hall–Kier alpha value is -2.05. The predicted molar refractivity (Wildman–Crippen MR) is 51.8 cm³/mol. The molecule has 0 spiro atoms. The number of hydroxylamine groups is 1. The van der Waals surface area contributed by atoms with E-state index in [9.17, 15) is 14.4 Å². The van der Waals surface area contributed by atoms with Gasteiger partial charge in [0, 0.05) is 13.1 Å². The minimum atomic E-state index is -1.23. The van der Waals surface area contributed by atoms with Crippen LogP contribution in [-0.2, 0) is 19.2 Å². The van der Waals surface area contributed by atoms with Crippen LogP contribution in [0.1, 0.15) is 12.8 Å². The van der Waals surface area contributed by atoms with Gasteiger partial charge in [0.1, 0.15) is 5.70 Å². The second-order valence-corrected chi connectivity index (χ2v) is 3.19. The highest BCUT2D eigenvalue weighted by atomic mass is 16.7. The maximum Gasteiger partial charge on any atom is 0.379 e. The Morgan fingerprint density at radius 1 is 1.31 bits per heavy atom. The van der Waals surface area contributed by atoms with E-state index in [4.69, 9.17) is 5.11 Å². The quantitative estimate of drug-likeness (QED) is 0.365. The number of nitrogens with one attached hydrogen (secondary N) is 1. The molecule has 1 saturated heterocycles. The second-order valence-electron chi connectivity index (χ2n) is 3.19. The van der Waals surface area contributed by atoms with Gasteiger partial charge < -0.3 is 14.8 Å². The maximum atomic E-state index is 11.4. The highest BCUT2D eigenvalue weighted by Crippen LogP contribution is 2.15. The fraction of sp³-hybridized carbons (Fsp3) is 0.444. The van der Waals surface area contributed by atoms with Crippen LogP contribution in [0, 0.1) is 0 Å². The van der Waals surface area contributed by atoms with E-state index >= 15 is 0 Å². The number of aliphatic carboxylic acids is 1. The first kappa shape index (κ1) is 12.0. The number of amides is 1. The van der Waals surface area contributed by atoms with E-state index in [1.165, 1.54) is 0 Å². The van der Waals surface area contributed by atoms with Crippen molar-refractivity contribution in [2.24, 2.45) is 0 Å². The fourth-order valence-corrected chi connectivity index (χ4v) is 1.48. The molecule has 0 saturated carbocycles. The number of hydrogen-bond acceptors (Lipinski definition) is 5. The van der Waals surface area contributed by atoms with E-state index in [1.54, 1.807) is 10.4 Å². The van der Waals surface area contributed by atoms with Gasteiger partial charge in [-0.2, -0.15) is 5.48 Å². The molecule has 0 aliphatic carbocycles. The minimum absolute atomic E-state index is 0.0562. The van der Waals surface area contributed by atoms with Gasteiger partial charge in [-0.3, -0.25) is 4.79 Å². The van der Waals surface area contributed by atoms with Gasteiger partial charge in [0.15, 0.2) is 0 Å². The second kappa shape index (κ2) is 5.74. The van der Waals surface area contributed by atoms with Crippen molar-refractivity contribution in [3.05, 3.63) is 11.8 Å². The summed E-state index contributed by atoms with van der Waals surface area (Å²) in [5.41, 5.74) is 1.68. The van der Waals surface area contributed by atoms with Gasteiger partial charge in [0.05, 0.1) is 6.08 Å². The molecule has 1 rings (SSSR count). The maximum absolute atomic E-state index is 11.4. The summed E-state index contributed by atoms with van der Waals surface area (Å²) in [7, 11) is 0. The average Bonchev–Trinajstić information content (AvgIpc) is 2.75. The summed E-state index contributed by atoms with van der Waals surface area (Å²) in [6.45, 7) is 1.21. The summed E-state index contributed by atoms with van der Waals surface area (Å²) in [6.07, 6.45) is 2.76. The van der Waals surface area contributed by atoms with Gasteiger partial charge in [-0.05, 0) is 12.8 Å². The molecule has 1 amide bonds. The molecule has 0 atom stereocenters. The number of carboxylic acids is 1. The van der Waals surface area contributed by atoms with E-state index in [0.717, 1.165) is 18.9 Å². The van der Waals surface area contributed by atoms with Crippen molar-refractivity contribution in [1.82, 2.24) is 10.4 Å². The summed E-state index contributed by atoms with van der Waals surface area (Å²) in [4.78, 5) is 37.8. The Morgan fingerprint density at radius 2 is 1.94 bits per heavy atom. The van der Waals surface area contributed by atoms with Crippen molar-refractivity contribution in [2.75, 3.05) is 13.1 Å². The van der Waals surface area contributed by atoms with Crippen LogP contribution >= 0.6 is 0 Å². The SMILES string of the molecule is O=CNOC(=O)/C(=C\C(=O)O)N1CCCC1. The summed E-state index contributed by atoms with van der Waals surface area (Å²) in [5.74, 6) is -2.11. The van der Waals surface area contributed by atoms with Crippen LogP contribution in [0.4, 0.5) is 0 Å². The molecule has 0 aromatic carbocycles. The number of hydrogen-bond donors (Lipinski definition) is 2. The van der Waals surface area contributed by atoms with Crippen LogP contribution < -0.4 is 5.48 Å². The highest BCUT2D eigenvalue weighted by molar-refractivity contribution is 5.95. The monoisotopic (exact) mass is 228 g/mol. The Morgan fingerprint density at radius 3 is 2.44 bits per heavy atom. The van der Waals surface area contributed by atoms with Gasteiger partial charge in [-0.25, -0.2) is 9.59 Å². The molecular formula is C9H12N2O5. The first-order valence-electron chi connectivity index (χ1n) is 4.75. The first-order valence-corrected chi connectivity index (χ1v) is 4.75. The van der Waals surface area contributed by atoms with Crippen LogP contribution in [0.2, 0.25) is 0 Å². The summed E-state index contributed by atoms with van der Waals surface area (Å²) >= 11 is 0. The van der Waals surface area contributed by atoms with Crippen LogP contribution in [0.15, 0.2) is 11.8 Å². The van der Waals surface area contributed by atoms with Crippen LogP contribution in [0.3, 0.4) is 0 Å². The van der Waals surface area contributed by atoms with E-state index in [2.05, 4.69) is 4.84 Å². The van der Waals surface area contributed by atoms with Crippen molar-refractivity contribution in [3.63, 3.8) is 0 Å². The lowest BCUT2D eigenvalue weighted by Gasteiger charge is -2.18. The molecule has 7 heteroatoms. The van der Waals surface area contributed by atoms with Crippen LogP contribution in [-0.4, -0.2) is 41.4 Å². The third-order valence-corrected chi connectivity index (χ3v) is 2.12. The summed E-state index contributed by atoms with van der Waals surface area (Å²) < 4.78 is 0. The number of carbonyl (C=O) groups excluding carboxylic acids is 2. The van der Waals surface area contributed by atoms with Crippen molar-refractivity contribution < 1.29 is 24.3 Å². The van der Waals surface area contributed by atoms with Crippen LogP contribution in [0.25, 0.3) is 0 Å². The molecule has 0 aromatic rings. The number of nitrogens with zero attached hydrogens (tertiary/aromatic N) is 1. The molecule has 1 aliphatic rings. The van der Waals surface area contributed by atoms with E-state index in [-0.39, 0.29) is 12.1 Å². The van der Waals surface area contributed by atoms with Crippen molar-refractivity contribution >= 4 is 18.3 Å². The largest absolute Gasteiger partial charge is 0.478 e. The molecule has 88 valence electrons. The molecule has 0 aromatic heterocycles. The first-order chi connectivity index (χ1) is 7.65. The lowest BCUT2D eigenvalue weighted by Crippen LogP contribution is -2.30. The van der Waals surface area contributed by atoms with E-state index < -0.39 is 11.9 Å². The van der Waals surface area contributed by atoms with Crippen LogP contribution in [0.5, 0.6) is 0 Å². The van der Waals surface area contributed by atoms with Gasteiger partial charge in [-0.15, -0.1) is 0 Å². The number of likely N-dealkylation sites (tertiary alicyclic amines) is 1. The Balaban J connectivity index is 2.73.